The maximum atomic E-state index is 8.58. The van der Waals surface area contributed by atoms with Crippen molar-refractivity contribution >= 4 is 11.6 Å². The topological polar surface area (TPSA) is 20.2 Å². The molecule has 0 aromatic rings. The van der Waals surface area contributed by atoms with E-state index in [0.717, 1.165) is 19.3 Å². The maximum absolute atomic E-state index is 8.58. The molecule has 0 amide bonds. The number of halogens is 1. The van der Waals surface area contributed by atoms with Gasteiger partial charge in [0.05, 0.1) is 0 Å². The Kier molecular flexibility index (Phi) is 13.1. The Labute approximate surface area is 98.5 Å². The number of hydrogen-bond donors (Lipinski definition) is 1. The van der Waals surface area contributed by atoms with Gasteiger partial charge in [0.25, 0.3) is 0 Å². The minimum atomic E-state index is 0.337. The van der Waals surface area contributed by atoms with E-state index in [1.165, 1.54) is 37.6 Å². The Morgan fingerprint density at radius 2 is 1.53 bits per heavy atom. The van der Waals surface area contributed by atoms with E-state index >= 15 is 0 Å². The van der Waals surface area contributed by atoms with Crippen molar-refractivity contribution in [3.63, 3.8) is 0 Å². The van der Waals surface area contributed by atoms with Crippen molar-refractivity contribution in [2.24, 2.45) is 0 Å². The molecular formula is C13H21ClO. The van der Waals surface area contributed by atoms with Gasteiger partial charge in [-0.15, -0.1) is 0 Å². The van der Waals surface area contributed by atoms with Crippen LogP contribution in [-0.2, 0) is 0 Å². The molecule has 0 aromatic carbocycles. The monoisotopic (exact) mass is 228 g/mol. The summed E-state index contributed by atoms with van der Waals surface area (Å²) in [5.74, 6) is 5.91. The lowest BCUT2D eigenvalue weighted by Gasteiger charge is -1.98. The molecule has 0 fully saturated rings. The zero-order valence-corrected chi connectivity index (χ0v) is 10.1. The van der Waals surface area contributed by atoms with Crippen LogP contribution >= 0.6 is 11.6 Å². The second kappa shape index (κ2) is 13.5. The van der Waals surface area contributed by atoms with Crippen molar-refractivity contribution < 1.29 is 5.11 Å². The van der Waals surface area contributed by atoms with Gasteiger partial charge in [0.1, 0.15) is 0 Å². The second-order valence-electron chi connectivity index (χ2n) is 3.56. The largest absolute Gasteiger partial charge is 0.396 e. The van der Waals surface area contributed by atoms with Gasteiger partial charge in [-0.3, -0.25) is 0 Å². The quantitative estimate of drug-likeness (QED) is 0.494. The smallest absolute Gasteiger partial charge is 0.0431 e. The Morgan fingerprint density at radius 1 is 0.933 bits per heavy atom. The van der Waals surface area contributed by atoms with Crippen molar-refractivity contribution in [1.82, 2.24) is 0 Å². The van der Waals surface area contributed by atoms with Crippen LogP contribution < -0.4 is 0 Å². The first kappa shape index (κ1) is 14.6. The van der Waals surface area contributed by atoms with Crippen LogP contribution in [0.1, 0.15) is 51.4 Å². The van der Waals surface area contributed by atoms with E-state index in [1.54, 1.807) is 6.08 Å². The van der Waals surface area contributed by atoms with E-state index < -0.39 is 0 Å². The summed E-state index contributed by atoms with van der Waals surface area (Å²) in [7, 11) is 0. The number of unbranched alkanes of at least 4 members (excludes halogenated alkanes) is 7. The maximum Gasteiger partial charge on any atom is 0.0431 e. The molecule has 0 radical (unpaired) electrons. The number of allylic oxidation sites excluding steroid dienone is 1. The van der Waals surface area contributed by atoms with E-state index in [9.17, 15) is 0 Å². The zero-order chi connectivity index (χ0) is 11.2. The van der Waals surface area contributed by atoms with Crippen molar-refractivity contribution in [2.75, 3.05) is 6.61 Å². The third kappa shape index (κ3) is 13.6. The SMILES string of the molecule is OCCCCCCCCCC#C/C=C/Cl. The van der Waals surface area contributed by atoms with E-state index in [4.69, 9.17) is 16.7 Å². The van der Waals surface area contributed by atoms with Crippen LogP contribution in [0.15, 0.2) is 11.6 Å². The zero-order valence-electron chi connectivity index (χ0n) is 9.34. The van der Waals surface area contributed by atoms with Crippen LogP contribution in [0.25, 0.3) is 0 Å². The van der Waals surface area contributed by atoms with Crippen molar-refractivity contribution in [3.8, 4) is 11.8 Å². The number of hydrogen-bond acceptors (Lipinski definition) is 1. The summed E-state index contributed by atoms with van der Waals surface area (Å²) in [6.45, 7) is 0.337. The van der Waals surface area contributed by atoms with Crippen molar-refractivity contribution in [1.29, 1.82) is 0 Å². The van der Waals surface area contributed by atoms with Crippen LogP contribution in [0.2, 0.25) is 0 Å². The van der Waals surface area contributed by atoms with Gasteiger partial charge in [0.15, 0.2) is 0 Å². The first-order valence-electron chi connectivity index (χ1n) is 5.76. The van der Waals surface area contributed by atoms with Gasteiger partial charge in [0, 0.05) is 18.6 Å². The summed E-state index contributed by atoms with van der Waals surface area (Å²) in [6.07, 6.45) is 11.0. The molecule has 0 aliphatic rings. The van der Waals surface area contributed by atoms with Gasteiger partial charge in [-0.25, -0.2) is 0 Å². The molecule has 86 valence electrons. The minimum Gasteiger partial charge on any atom is -0.396 e. The lowest BCUT2D eigenvalue weighted by atomic mass is 10.1. The molecular weight excluding hydrogens is 208 g/mol. The fourth-order valence-corrected chi connectivity index (χ4v) is 1.43. The van der Waals surface area contributed by atoms with Gasteiger partial charge in [0.2, 0.25) is 0 Å². The predicted octanol–water partition coefficient (Wildman–Crippen LogP) is 3.86. The van der Waals surface area contributed by atoms with Gasteiger partial charge in [-0.05, 0) is 18.9 Å². The van der Waals surface area contributed by atoms with Crippen LogP contribution in [0, 0.1) is 11.8 Å². The molecule has 2 heteroatoms. The van der Waals surface area contributed by atoms with Crippen molar-refractivity contribution in [3.05, 3.63) is 11.6 Å². The van der Waals surface area contributed by atoms with Gasteiger partial charge < -0.3 is 5.11 Å². The molecule has 0 unspecified atom stereocenters. The first-order valence-corrected chi connectivity index (χ1v) is 6.20. The lowest BCUT2D eigenvalue weighted by Crippen LogP contribution is -1.83. The third-order valence-corrected chi connectivity index (χ3v) is 2.33. The molecule has 1 N–H and O–H groups in total. The standard InChI is InChI=1S/C13H21ClO/c14-12-10-8-6-4-2-1-3-5-7-9-11-13-15/h10,12,15H,1-5,7,9,11,13H2/b12-10+. The summed E-state index contributed by atoms with van der Waals surface area (Å²) >= 11 is 5.32. The van der Waals surface area contributed by atoms with Gasteiger partial charge >= 0.3 is 0 Å². The highest BCUT2D eigenvalue weighted by atomic mass is 35.5. The molecule has 0 bridgehead atoms. The molecule has 15 heavy (non-hydrogen) atoms. The van der Waals surface area contributed by atoms with Crippen LogP contribution in [-0.4, -0.2) is 11.7 Å². The van der Waals surface area contributed by atoms with Crippen LogP contribution in [0.3, 0.4) is 0 Å². The second-order valence-corrected chi connectivity index (χ2v) is 3.81. The summed E-state index contributed by atoms with van der Waals surface area (Å²) in [6, 6.07) is 0. The minimum absolute atomic E-state index is 0.337. The Bertz CT molecular complexity index is 200. The van der Waals surface area contributed by atoms with Gasteiger partial charge in [-0.2, -0.15) is 0 Å². The summed E-state index contributed by atoms with van der Waals surface area (Å²) < 4.78 is 0. The fourth-order valence-electron chi connectivity index (χ4n) is 1.37. The van der Waals surface area contributed by atoms with E-state index in [1.807, 2.05) is 0 Å². The predicted molar refractivity (Wildman–Crippen MR) is 66.8 cm³/mol. The molecule has 0 aliphatic heterocycles. The van der Waals surface area contributed by atoms with E-state index in [0.29, 0.717) is 6.61 Å². The lowest BCUT2D eigenvalue weighted by molar-refractivity contribution is 0.282. The highest BCUT2D eigenvalue weighted by molar-refractivity contribution is 6.25. The Hall–Kier alpha value is -0.450. The normalized spacial score (nSPS) is 10.3. The highest BCUT2D eigenvalue weighted by Gasteiger charge is 1.90. The first-order chi connectivity index (χ1) is 7.41. The van der Waals surface area contributed by atoms with Crippen molar-refractivity contribution in [2.45, 2.75) is 51.4 Å². The summed E-state index contributed by atoms with van der Waals surface area (Å²) in [5, 5.41) is 8.58. The molecule has 0 atom stereocenters. The molecule has 0 saturated carbocycles. The molecule has 0 rings (SSSR count). The molecule has 0 spiro atoms. The molecule has 0 aliphatic carbocycles. The summed E-state index contributed by atoms with van der Waals surface area (Å²) in [5.41, 5.74) is 1.44. The Balaban J connectivity index is 3.02. The van der Waals surface area contributed by atoms with E-state index in [-0.39, 0.29) is 0 Å². The number of aliphatic hydroxyl groups excluding tert-OH is 1. The molecule has 1 nitrogen and oxygen atoms in total. The highest BCUT2D eigenvalue weighted by Crippen LogP contribution is 2.07. The summed E-state index contributed by atoms with van der Waals surface area (Å²) in [4.78, 5) is 0. The number of aliphatic hydroxyl groups is 1. The van der Waals surface area contributed by atoms with Crippen LogP contribution in [0.5, 0.6) is 0 Å². The van der Waals surface area contributed by atoms with E-state index in [2.05, 4.69) is 11.8 Å². The number of rotatable bonds is 8. The van der Waals surface area contributed by atoms with Gasteiger partial charge in [-0.1, -0.05) is 55.5 Å². The third-order valence-electron chi connectivity index (χ3n) is 2.21. The average molecular weight is 229 g/mol. The Morgan fingerprint density at radius 3 is 2.13 bits per heavy atom. The fraction of sp³-hybridized carbons (Fsp3) is 0.692. The molecule has 0 saturated heterocycles. The average Bonchev–Trinajstić information content (AvgIpc) is 2.26. The van der Waals surface area contributed by atoms with Crippen LogP contribution in [0.4, 0.5) is 0 Å². The molecule has 0 heterocycles. The molecule has 0 aromatic heterocycles.